The van der Waals surface area contributed by atoms with Gasteiger partial charge in [-0.15, -0.1) is 0 Å². The summed E-state index contributed by atoms with van der Waals surface area (Å²) in [4.78, 5) is 40.4. The van der Waals surface area contributed by atoms with E-state index < -0.39 is 12.1 Å². The number of benzene rings is 1. The second-order valence-corrected chi connectivity index (χ2v) is 7.38. The number of nitrogens with zero attached hydrogens (tertiary/aromatic N) is 2. The summed E-state index contributed by atoms with van der Waals surface area (Å²) in [5.74, 6) is -0.437. The molecule has 6 nitrogen and oxygen atoms in total. The van der Waals surface area contributed by atoms with Crippen LogP contribution in [-0.2, 0) is 16.0 Å². The van der Waals surface area contributed by atoms with Gasteiger partial charge in [0, 0.05) is 12.1 Å². The first kappa shape index (κ1) is 18.4. The molecule has 2 fully saturated rings. The molecule has 0 spiro atoms. The molecule has 1 aromatic rings. The number of carbonyl (C=O) groups is 3. The molecule has 2 aliphatic heterocycles. The number of aryl methyl sites for hydroxylation is 1. The third-order valence-corrected chi connectivity index (χ3v) is 5.45. The summed E-state index contributed by atoms with van der Waals surface area (Å²) in [6.07, 6.45) is 4.29. The van der Waals surface area contributed by atoms with Gasteiger partial charge in [0.25, 0.3) is 5.91 Å². The molecule has 26 heavy (non-hydrogen) atoms. The van der Waals surface area contributed by atoms with Crippen molar-refractivity contribution < 1.29 is 14.4 Å². The van der Waals surface area contributed by atoms with Gasteiger partial charge in [0.1, 0.15) is 12.6 Å². The summed E-state index contributed by atoms with van der Waals surface area (Å²) in [6, 6.07) is 9.16. The fraction of sp³-hybridized carbons (Fsp3) is 0.550. The van der Waals surface area contributed by atoms with E-state index in [-0.39, 0.29) is 30.4 Å². The Hall–Kier alpha value is -2.37. The summed E-state index contributed by atoms with van der Waals surface area (Å²) in [7, 11) is 0. The Labute approximate surface area is 154 Å². The number of urea groups is 1. The summed E-state index contributed by atoms with van der Waals surface area (Å²) in [5, 5.41) is 2.72. The van der Waals surface area contributed by atoms with Crippen molar-refractivity contribution in [2.45, 2.75) is 64.1 Å². The van der Waals surface area contributed by atoms with E-state index in [9.17, 15) is 14.4 Å². The highest BCUT2D eigenvalue weighted by Gasteiger charge is 2.40. The van der Waals surface area contributed by atoms with Gasteiger partial charge in [-0.1, -0.05) is 30.3 Å². The van der Waals surface area contributed by atoms with Crippen LogP contribution in [0.25, 0.3) is 0 Å². The maximum Gasteiger partial charge on any atom is 0.325 e. The molecule has 0 bridgehead atoms. The zero-order chi connectivity index (χ0) is 18.7. The lowest BCUT2D eigenvalue weighted by atomic mass is 9.97. The number of nitrogens with one attached hydrogen (secondary N) is 1. The molecule has 0 unspecified atom stereocenters. The van der Waals surface area contributed by atoms with E-state index in [1.54, 1.807) is 0 Å². The highest BCUT2D eigenvalue weighted by atomic mass is 16.2. The Morgan fingerprint density at radius 3 is 2.42 bits per heavy atom. The first-order valence-corrected chi connectivity index (χ1v) is 9.44. The number of imide groups is 1. The van der Waals surface area contributed by atoms with Gasteiger partial charge >= 0.3 is 6.03 Å². The molecule has 1 N–H and O–H groups in total. The van der Waals surface area contributed by atoms with Crippen LogP contribution < -0.4 is 5.32 Å². The van der Waals surface area contributed by atoms with Gasteiger partial charge in [-0.05, 0) is 51.5 Å². The Kier molecular flexibility index (Phi) is 5.59. The number of likely N-dealkylation sites (tertiary alicyclic amines) is 1. The summed E-state index contributed by atoms with van der Waals surface area (Å²) in [6.45, 7) is 3.89. The van der Waals surface area contributed by atoms with Crippen LogP contribution in [-0.4, -0.2) is 52.3 Å². The zero-order valence-electron chi connectivity index (χ0n) is 15.5. The van der Waals surface area contributed by atoms with Crippen LogP contribution in [0.5, 0.6) is 0 Å². The predicted octanol–water partition coefficient (Wildman–Crippen LogP) is 2.33. The first-order valence-electron chi connectivity index (χ1n) is 9.44. The van der Waals surface area contributed by atoms with E-state index in [4.69, 9.17) is 0 Å². The van der Waals surface area contributed by atoms with E-state index >= 15 is 0 Å². The Morgan fingerprint density at radius 1 is 1.12 bits per heavy atom. The van der Waals surface area contributed by atoms with E-state index in [0.29, 0.717) is 12.8 Å². The maximum absolute atomic E-state index is 12.7. The molecule has 4 amide bonds. The van der Waals surface area contributed by atoms with E-state index in [1.807, 2.05) is 49.1 Å². The quantitative estimate of drug-likeness (QED) is 0.822. The lowest BCUT2D eigenvalue weighted by Crippen LogP contribution is -2.52. The minimum atomic E-state index is -0.549. The van der Waals surface area contributed by atoms with E-state index in [1.165, 1.54) is 0 Å². The molecule has 2 heterocycles. The van der Waals surface area contributed by atoms with Gasteiger partial charge in [-0.2, -0.15) is 0 Å². The van der Waals surface area contributed by atoms with Crippen LogP contribution in [0.3, 0.4) is 0 Å². The molecule has 0 aromatic heterocycles. The second-order valence-electron chi connectivity index (χ2n) is 7.38. The second kappa shape index (κ2) is 7.89. The minimum absolute atomic E-state index is 0.142. The molecule has 1 aromatic carbocycles. The van der Waals surface area contributed by atoms with Crippen molar-refractivity contribution in [1.82, 2.24) is 15.1 Å². The van der Waals surface area contributed by atoms with Crippen molar-refractivity contribution >= 4 is 17.8 Å². The summed E-state index contributed by atoms with van der Waals surface area (Å²) < 4.78 is 0. The predicted molar refractivity (Wildman–Crippen MR) is 98.4 cm³/mol. The van der Waals surface area contributed by atoms with Crippen molar-refractivity contribution in [3.05, 3.63) is 35.9 Å². The maximum atomic E-state index is 12.7. The number of rotatable bonds is 5. The molecule has 0 radical (unpaired) electrons. The van der Waals surface area contributed by atoms with Crippen LogP contribution in [0.15, 0.2) is 30.3 Å². The smallest absolute Gasteiger partial charge is 0.325 e. The molecule has 3 atom stereocenters. The molecule has 2 aliphatic rings. The molecule has 140 valence electrons. The summed E-state index contributed by atoms with van der Waals surface area (Å²) in [5.41, 5.74) is 1.13. The lowest BCUT2D eigenvalue weighted by molar-refractivity contribution is -0.141. The van der Waals surface area contributed by atoms with Crippen molar-refractivity contribution in [3.8, 4) is 0 Å². The number of hydrogen-bond acceptors (Lipinski definition) is 3. The highest BCUT2D eigenvalue weighted by Crippen LogP contribution is 2.23. The van der Waals surface area contributed by atoms with Crippen LogP contribution in [0.1, 0.15) is 45.1 Å². The summed E-state index contributed by atoms with van der Waals surface area (Å²) >= 11 is 0. The van der Waals surface area contributed by atoms with Gasteiger partial charge < -0.3 is 10.2 Å². The van der Waals surface area contributed by atoms with Crippen LogP contribution in [0.4, 0.5) is 4.79 Å². The number of amides is 4. The van der Waals surface area contributed by atoms with Gasteiger partial charge in [0.15, 0.2) is 0 Å². The van der Waals surface area contributed by atoms with Crippen LogP contribution in [0.2, 0.25) is 0 Å². The Morgan fingerprint density at radius 2 is 1.77 bits per heavy atom. The average molecular weight is 357 g/mol. The standard InChI is InChI=1S/C20H27N3O3/c1-14-7-6-8-15(2)23(14)18(24)13-22-19(25)17(21-20(22)26)12-11-16-9-4-3-5-10-16/h3-5,9-10,14-15,17H,6-8,11-13H2,1-2H3,(H,21,26)/t14-,15-,17+/m1/s1. The molecule has 6 heteroatoms. The van der Waals surface area contributed by atoms with E-state index in [2.05, 4.69) is 5.32 Å². The van der Waals surface area contributed by atoms with Crippen LogP contribution >= 0.6 is 0 Å². The minimum Gasteiger partial charge on any atom is -0.336 e. The number of piperidine rings is 1. The van der Waals surface area contributed by atoms with Gasteiger partial charge in [0.05, 0.1) is 0 Å². The Bertz CT molecular complexity index is 666. The van der Waals surface area contributed by atoms with Crippen molar-refractivity contribution in [2.24, 2.45) is 0 Å². The Balaban J connectivity index is 1.59. The fourth-order valence-corrected chi connectivity index (χ4v) is 4.01. The molecule has 0 aliphatic carbocycles. The van der Waals surface area contributed by atoms with Gasteiger partial charge in [0.2, 0.25) is 5.91 Å². The monoisotopic (exact) mass is 357 g/mol. The number of hydrogen-bond donors (Lipinski definition) is 1. The molecular formula is C20H27N3O3. The lowest BCUT2D eigenvalue weighted by Gasteiger charge is -2.39. The largest absolute Gasteiger partial charge is 0.336 e. The van der Waals surface area contributed by atoms with Crippen molar-refractivity contribution in [3.63, 3.8) is 0 Å². The third kappa shape index (κ3) is 3.89. The molecular weight excluding hydrogens is 330 g/mol. The molecule has 3 rings (SSSR count). The third-order valence-electron chi connectivity index (χ3n) is 5.45. The van der Waals surface area contributed by atoms with Crippen molar-refractivity contribution in [2.75, 3.05) is 6.54 Å². The number of carbonyl (C=O) groups excluding carboxylic acids is 3. The fourth-order valence-electron chi connectivity index (χ4n) is 4.01. The topological polar surface area (TPSA) is 69.7 Å². The van der Waals surface area contributed by atoms with Gasteiger partial charge in [-0.3, -0.25) is 14.5 Å². The molecule has 0 saturated carbocycles. The van der Waals surface area contributed by atoms with Crippen LogP contribution in [0, 0.1) is 0 Å². The van der Waals surface area contributed by atoms with Gasteiger partial charge in [-0.25, -0.2) is 4.79 Å². The van der Waals surface area contributed by atoms with E-state index in [0.717, 1.165) is 29.7 Å². The first-order chi connectivity index (χ1) is 12.5. The molecule has 2 saturated heterocycles. The highest BCUT2D eigenvalue weighted by molar-refractivity contribution is 6.06. The SMILES string of the molecule is C[C@@H]1CCC[C@@H](C)N1C(=O)CN1C(=O)N[C@@H](CCc2ccccc2)C1=O. The van der Waals surface area contributed by atoms with Crippen molar-refractivity contribution in [1.29, 1.82) is 0 Å². The zero-order valence-corrected chi connectivity index (χ0v) is 15.5. The average Bonchev–Trinajstić information content (AvgIpc) is 2.88. The normalized spacial score (nSPS) is 26.2.